The van der Waals surface area contributed by atoms with Crippen molar-refractivity contribution in [2.45, 2.75) is 51.7 Å². The van der Waals surface area contributed by atoms with Crippen LogP contribution in [0.3, 0.4) is 0 Å². The van der Waals surface area contributed by atoms with Gasteiger partial charge in [0.1, 0.15) is 0 Å². The van der Waals surface area contributed by atoms with Gasteiger partial charge in [0.05, 0.1) is 6.04 Å². The summed E-state index contributed by atoms with van der Waals surface area (Å²) < 4.78 is 0. The molecule has 0 saturated carbocycles. The highest BCUT2D eigenvalue weighted by Gasteiger charge is 2.17. The van der Waals surface area contributed by atoms with Crippen LogP contribution in [0, 0.1) is 5.92 Å². The summed E-state index contributed by atoms with van der Waals surface area (Å²) in [5, 5.41) is 13.7. The molecule has 9 N–H and O–H groups in total. The molecular formula is C21H37N7O3. The second kappa shape index (κ2) is 14.1. The number of amides is 6. The summed E-state index contributed by atoms with van der Waals surface area (Å²) in [5.74, 6) is 0.413. The third-order valence-electron chi connectivity index (χ3n) is 4.50. The van der Waals surface area contributed by atoms with Gasteiger partial charge in [0.15, 0.2) is 0 Å². The second-order valence-corrected chi connectivity index (χ2v) is 8.07. The molecule has 10 heteroatoms. The molecule has 3 unspecified atom stereocenters. The van der Waals surface area contributed by atoms with Crippen molar-refractivity contribution in [3.63, 3.8) is 0 Å². The van der Waals surface area contributed by atoms with Crippen molar-refractivity contribution < 1.29 is 14.4 Å². The molecule has 174 valence electrons. The Balaban J connectivity index is 2.62. The van der Waals surface area contributed by atoms with Gasteiger partial charge in [-0.05, 0) is 31.2 Å². The molecule has 0 fully saturated rings. The molecule has 0 aromatic heterocycles. The largest absolute Gasteiger partial charge is 0.352 e. The Labute approximate surface area is 184 Å². The molecule has 0 heterocycles. The lowest BCUT2D eigenvalue weighted by Gasteiger charge is -2.23. The molecule has 0 spiro atoms. The molecule has 1 aromatic rings. The summed E-state index contributed by atoms with van der Waals surface area (Å²) in [6.45, 7) is 6.68. The van der Waals surface area contributed by atoms with E-state index in [1.165, 1.54) is 0 Å². The van der Waals surface area contributed by atoms with E-state index < -0.39 is 12.1 Å². The standard InChI is InChI=1S/C21H37N7O3/c1-14(2)9-17(11-22)27-21(31)25-13-18(10-16-7-5-4-6-8-16)28-20(30)24-12-15(3)26-19(23)29/h4-8,14-15,17-18H,9-13,22H2,1-3H3,(H3,23,26,29)(H2,24,28,30)(H2,25,27,31). The van der Waals surface area contributed by atoms with Crippen LogP contribution in [0.5, 0.6) is 0 Å². The van der Waals surface area contributed by atoms with E-state index in [0.29, 0.717) is 18.9 Å². The van der Waals surface area contributed by atoms with E-state index in [-0.39, 0.29) is 37.2 Å². The quantitative estimate of drug-likeness (QED) is 0.256. The lowest BCUT2D eigenvalue weighted by molar-refractivity contribution is 0.228. The van der Waals surface area contributed by atoms with Crippen molar-refractivity contribution >= 4 is 18.1 Å². The summed E-state index contributed by atoms with van der Waals surface area (Å²) >= 11 is 0. The van der Waals surface area contributed by atoms with E-state index >= 15 is 0 Å². The van der Waals surface area contributed by atoms with Crippen LogP contribution in [0.25, 0.3) is 0 Å². The third-order valence-corrected chi connectivity index (χ3v) is 4.50. The number of nitrogens with two attached hydrogens (primary N) is 2. The molecule has 6 amide bonds. The molecule has 0 saturated heterocycles. The van der Waals surface area contributed by atoms with E-state index in [0.717, 1.165) is 12.0 Å². The molecule has 0 aliphatic heterocycles. The van der Waals surface area contributed by atoms with Gasteiger partial charge in [-0.3, -0.25) is 0 Å². The van der Waals surface area contributed by atoms with Crippen LogP contribution in [0.2, 0.25) is 0 Å². The number of hydrogen-bond acceptors (Lipinski definition) is 4. The van der Waals surface area contributed by atoms with Crippen LogP contribution in [0.1, 0.15) is 32.8 Å². The Morgan fingerprint density at radius 1 is 0.871 bits per heavy atom. The number of rotatable bonds is 12. The van der Waals surface area contributed by atoms with Gasteiger partial charge in [-0.1, -0.05) is 44.2 Å². The smallest absolute Gasteiger partial charge is 0.315 e. The zero-order valence-corrected chi connectivity index (χ0v) is 18.6. The Hall–Kier alpha value is -3.01. The number of carbonyl (C=O) groups is 3. The highest BCUT2D eigenvalue weighted by atomic mass is 16.2. The first-order valence-electron chi connectivity index (χ1n) is 10.6. The molecule has 31 heavy (non-hydrogen) atoms. The molecule has 1 rings (SSSR count). The van der Waals surface area contributed by atoms with Crippen molar-refractivity contribution in [2.24, 2.45) is 17.4 Å². The predicted molar refractivity (Wildman–Crippen MR) is 121 cm³/mol. The van der Waals surface area contributed by atoms with Gasteiger partial charge in [0.2, 0.25) is 0 Å². The van der Waals surface area contributed by atoms with Gasteiger partial charge < -0.3 is 38.1 Å². The maximum atomic E-state index is 12.3. The zero-order valence-electron chi connectivity index (χ0n) is 18.6. The summed E-state index contributed by atoms with van der Waals surface area (Å²) in [7, 11) is 0. The highest BCUT2D eigenvalue weighted by Crippen LogP contribution is 2.04. The Morgan fingerprint density at radius 2 is 1.45 bits per heavy atom. The Bertz CT molecular complexity index is 685. The number of nitrogens with one attached hydrogen (secondary N) is 5. The number of urea groups is 3. The van der Waals surface area contributed by atoms with Gasteiger partial charge in [-0.25, -0.2) is 14.4 Å². The molecule has 3 atom stereocenters. The van der Waals surface area contributed by atoms with E-state index in [1.54, 1.807) is 6.92 Å². The van der Waals surface area contributed by atoms with Gasteiger partial charge >= 0.3 is 18.1 Å². The molecule has 1 aromatic carbocycles. The van der Waals surface area contributed by atoms with Crippen molar-refractivity contribution in [3.8, 4) is 0 Å². The van der Waals surface area contributed by atoms with Crippen molar-refractivity contribution in [3.05, 3.63) is 35.9 Å². The van der Waals surface area contributed by atoms with E-state index in [1.807, 2.05) is 30.3 Å². The Kier molecular flexibility index (Phi) is 11.8. The topological polar surface area (TPSA) is 163 Å². The average molecular weight is 436 g/mol. The van der Waals surface area contributed by atoms with Crippen LogP contribution < -0.4 is 38.1 Å². The fourth-order valence-electron chi connectivity index (χ4n) is 3.08. The fourth-order valence-corrected chi connectivity index (χ4v) is 3.08. The van der Waals surface area contributed by atoms with Gasteiger partial charge in [-0.2, -0.15) is 0 Å². The fraction of sp³-hybridized carbons (Fsp3) is 0.571. The normalized spacial score (nSPS) is 13.6. The van der Waals surface area contributed by atoms with Crippen LogP contribution in [0.4, 0.5) is 14.4 Å². The SMILES string of the molecule is CC(C)CC(CN)NC(=O)NCC(Cc1ccccc1)NC(=O)NCC(C)NC(N)=O. The number of carbonyl (C=O) groups excluding carboxylic acids is 3. The number of primary amides is 1. The highest BCUT2D eigenvalue weighted by molar-refractivity contribution is 5.76. The van der Waals surface area contributed by atoms with Crippen molar-refractivity contribution in [1.82, 2.24) is 26.6 Å². The maximum absolute atomic E-state index is 12.3. The minimum Gasteiger partial charge on any atom is -0.352 e. The number of hydrogen-bond donors (Lipinski definition) is 7. The summed E-state index contributed by atoms with van der Waals surface area (Å²) in [6.07, 6.45) is 1.32. The molecule has 0 aliphatic rings. The first-order chi connectivity index (χ1) is 14.7. The second-order valence-electron chi connectivity index (χ2n) is 8.07. The molecule has 10 nitrogen and oxygen atoms in total. The van der Waals surface area contributed by atoms with Gasteiger partial charge in [-0.15, -0.1) is 0 Å². The maximum Gasteiger partial charge on any atom is 0.315 e. The summed E-state index contributed by atoms with van der Waals surface area (Å²) in [4.78, 5) is 35.5. The number of benzene rings is 1. The minimum atomic E-state index is -0.653. The molecule has 0 aliphatic carbocycles. The summed E-state index contributed by atoms with van der Waals surface area (Å²) in [6, 6.07) is 7.53. The van der Waals surface area contributed by atoms with Crippen LogP contribution in [0.15, 0.2) is 30.3 Å². The van der Waals surface area contributed by atoms with Crippen LogP contribution in [-0.4, -0.2) is 55.9 Å². The lowest BCUT2D eigenvalue weighted by atomic mass is 10.0. The zero-order chi connectivity index (χ0) is 23.2. The van der Waals surface area contributed by atoms with E-state index in [2.05, 4.69) is 40.4 Å². The third kappa shape index (κ3) is 12.3. The molecular weight excluding hydrogens is 398 g/mol. The first-order valence-corrected chi connectivity index (χ1v) is 10.6. The molecule has 0 bridgehead atoms. The lowest BCUT2D eigenvalue weighted by Crippen LogP contribution is -2.53. The summed E-state index contributed by atoms with van der Waals surface area (Å²) in [5.41, 5.74) is 11.8. The van der Waals surface area contributed by atoms with E-state index in [9.17, 15) is 14.4 Å². The van der Waals surface area contributed by atoms with Crippen molar-refractivity contribution in [2.75, 3.05) is 19.6 Å². The average Bonchev–Trinajstić information content (AvgIpc) is 2.70. The van der Waals surface area contributed by atoms with Gasteiger partial charge in [0, 0.05) is 31.7 Å². The van der Waals surface area contributed by atoms with Crippen molar-refractivity contribution in [1.29, 1.82) is 0 Å². The Morgan fingerprint density at radius 3 is 2.00 bits per heavy atom. The van der Waals surface area contributed by atoms with Gasteiger partial charge in [0.25, 0.3) is 0 Å². The van der Waals surface area contributed by atoms with Crippen LogP contribution in [-0.2, 0) is 6.42 Å². The van der Waals surface area contributed by atoms with E-state index in [4.69, 9.17) is 11.5 Å². The minimum absolute atomic E-state index is 0.108. The molecule has 0 radical (unpaired) electrons. The monoisotopic (exact) mass is 435 g/mol. The van der Waals surface area contributed by atoms with Crippen LogP contribution >= 0.6 is 0 Å². The predicted octanol–water partition coefficient (Wildman–Crippen LogP) is 0.626. The first kappa shape index (κ1) is 26.0.